The molecule has 2 aliphatic rings. The second-order valence-electron chi connectivity index (χ2n) is 10.2. The molecule has 0 unspecified atom stereocenters. The van der Waals surface area contributed by atoms with E-state index in [4.69, 9.17) is 9.40 Å². The van der Waals surface area contributed by atoms with Crippen molar-refractivity contribution in [2.24, 2.45) is 5.92 Å². The Bertz CT molecular complexity index is 1240. The van der Waals surface area contributed by atoms with Crippen LogP contribution in [0.3, 0.4) is 0 Å². The zero-order valence-electron chi connectivity index (χ0n) is 20.6. The molecular formula is C28H32FN3O3. The van der Waals surface area contributed by atoms with Gasteiger partial charge in [0.15, 0.2) is 11.3 Å². The first-order chi connectivity index (χ1) is 16.8. The molecule has 1 saturated carbocycles. The highest BCUT2D eigenvalue weighted by Gasteiger charge is 2.35. The highest BCUT2D eigenvalue weighted by atomic mass is 19.1. The maximum atomic E-state index is 13.4. The van der Waals surface area contributed by atoms with Crippen LogP contribution in [0, 0.1) is 11.7 Å². The van der Waals surface area contributed by atoms with Gasteiger partial charge in [0.1, 0.15) is 11.3 Å². The summed E-state index contributed by atoms with van der Waals surface area (Å²) in [5.74, 6) is 0.318. The minimum Gasteiger partial charge on any atom is -0.449 e. The van der Waals surface area contributed by atoms with Crippen molar-refractivity contribution in [3.05, 3.63) is 53.5 Å². The molecule has 1 aromatic carbocycles. The number of furan rings is 1. The van der Waals surface area contributed by atoms with Crippen molar-refractivity contribution < 1.29 is 18.4 Å². The van der Waals surface area contributed by atoms with E-state index in [0.29, 0.717) is 36.4 Å². The second kappa shape index (κ2) is 9.44. The molecule has 0 N–H and O–H groups in total. The van der Waals surface area contributed by atoms with E-state index in [1.54, 1.807) is 23.1 Å². The molecule has 0 spiro atoms. The Morgan fingerprint density at radius 2 is 1.80 bits per heavy atom. The Hall–Kier alpha value is -3.22. The van der Waals surface area contributed by atoms with Gasteiger partial charge in [0.2, 0.25) is 5.91 Å². The molecule has 2 fully saturated rings. The Balaban J connectivity index is 1.38. The molecule has 6 nitrogen and oxygen atoms in total. The van der Waals surface area contributed by atoms with Crippen molar-refractivity contribution in [1.29, 1.82) is 0 Å². The van der Waals surface area contributed by atoms with Gasteiger partial charge >= 0.3 is 0 Å². The van der Waals surface area contributed by atoms with Gasteiger partial charge in [-0.3, -0.25) is 9.59 Å². The first-order valence-corrected chi connectivity index (χ1v) is 12.6. The van der Waals surface area contributed by atoms with Crippen molar-refractivity contribution in [3.8, 4) is 11.3 Å². The van der Waals surface area contributed by atoms with Gasteiger partial charge < -0.3 is 14.2 Å². The van der Waals surface area contributed by atoms with E-state index in [1.807, 2.05) is 17.9 Å². The van der Waals surface area contributed by atoms with Crippen LogP contribution in [0.5, 0.6) is 0 Å². The molecule has 5 rings (SSSR count). The average molecular weight is 478 g/mol. The van der Waals surface area contributed by atoms with Crippen LogP contribution in [0.25, 0.3) is 22.4 Å². The number of aromatic nitrogens is 1. The third-order valence-electron chi connectivity index (χ3n) is 7.38. The van der Waals surface area contributed by atoms with Gasteiger partial charge in [-0.2, -0.15) is 0 Å². The quantitative estimate of drug-likeness (QED) is 0.489. The van der Waals surface area contributed by atoms with Crippen LogP contribution in [0.1, 0.15) is 68.5 Å². The summed E-state index contributed by atoms with van der Waals surface area (Å²) in [6.45, 7) is 7.67. The molecule has 3 aromatic rings. The lowest BCUT2D eigenvalue weighted by Gasteiger charge is -2.40. The lowest BCUT2D eigenvalue weighted by Crippen LogP contribution is -2.56. The van der Waals surface area contributed by atoms with E-state index < -0.39 is 0 Å². The van der Waals surface area contributed by atoms with E-state index in [1.165, 1.54) is 12.1 Å². The topological polar surface area (TPSA) is 66.7 Å². The molecular weight excluding hydrogens is 445 g/mol. The van der Waals surface area contributed by atoms with E-state index in [2.05, 4.69) is 13.8 Å². The van der Waals surface area contributed by atoms with Crippen LogP contribution in [0.15, 0.2) is 40.8 Å². The van der Waals surface area contributed by atoms with Crippen molar-refractivity contribution in [2.75, 3.05) is 19.6 Å². The van der Waals surface area contributed by atoms with Crippen molar-refractivity contribution >= 4 is 22.9 Å². The third-order valence-corrected chi connectivity index (χ3v) is 7.38. The number of rotatable bonds is 4. The number of carbonyl (C=O) groups excluding carboxylic acids is 2. The second-order valence-corrected chi connectivity index (χ2v) is 10.2. The van der Waals surface area contributed by atoms with Crippen LogP contribution < -0.4 is 0 Å². The monoisotopic (exact) mass is 477 g/mol. The standard InChI is InChI=1S/C28H32FN3O3/c1-17(2)22-14-23(19-8-10-21(29)11-9-19)30-24-15-25(35-26(22)24)28(34)31-12-13-32(18(3)16-31)27(33)20-6-4-5-7-20/h8-11,14-15,17-18,20H,4-7,12-13,16H2,1-3H3/t18-/m0/s1. The smallest absolute Gasteiger partial charge is 0.289 e. The summed E-state index contributed by atoms with van der Waals surface area (Å²) in [6, 6.07) is 9.86. The number of amides is 2. The summed E-state index contributed by atoms with van der Waals surface area (Å²) < 4.78 is 19.5. The SMILES string of the molecule is CC(C)c1cc(-c2ccc(F)cc2)nc2cc(C(=O)N3CCN(C(=O)C4CCCC4)[C@@H](C)C3)oc12. The predicted molar refractivity (Wildman–Crippen MR) is 133 cm³/mol. The molecule has 1 atom stereocenters. The Labute approximate surface area is 205 Å². The van der Waals surface area contributed by atoms with Gasteiger partial charge in [0.25, 0.3) is 5.91 Å². The van der Waals surface area contributed by atoms with Gasteiger partial charge in [-0.15, -0.1) is 0 Å². The fraction of sp³-hybridized carbons (Fsp3) is 0.464. The van der Waals surface area contributed by atoms with Crippen molar-refractivity contribution in [2.45, 2.75) is 58.4 Å². The zero-order valence-corrected chi connectivity index (χ0v) is 20.6. The van der Waals surface area contributed by atoms with Gasteiger partial charge in [-0.1, -0.05) is 26.7 Å². The number of pyridine rings is 1. The summed E-state index contributed by atoms with van der Waals surface area (Å²) in [6.07, 6.45) is 4.22. The molecule has 3 heterocycles. The van der Waals surface area contributed by atoms with E-state index in [0.717, 1.165) is 36.8 Å². The molecule has 1 saturated heterocycles. The fourth-order valence-corrected chi connectivity index (χ4v) is 5.38. The lowest BCUT2D eigenvalue weighted by atomic mass is 10.00. The van der Waals surface area contributed by atoms with Crippen molar-refractivity contribution in [1.82, 2.24) is 14.8 Å². The largest absolute Gasteiger partial charge is 0.449 e. The minimum absolute atomic E-state index is 0.0281. The number of fused-ring (bicyclic) bond motifs is 1. The van der Waals surface area contributed by atoms with Crippen LogP contribution in [0.2, 0.25) is 0 Å². The minimum atomic E-state index is -0.297. The van der Waals surface area contributed by atoms with E-state index >= 15 is 0 Å². The fourth-order valence-electron chi connectivity index (χ4n) is 5.38. The lowest BCUT2D eigenvalue weighted by molar-refractivity contribution is -0.139. The maximum Gasteiger partial charge on any atom is 0.289 e. The first kappa shape index (κ1) is 23.5. The number of nitrogens with zero attached hydrogens (tertiary/aromatic N) is 3. The number of benzene rings is 1. The Kier molecular flexibility index (Phi) is 6.34. The predicted octanol–water partition coefficient (Wildman–Crippen LogP) is 5.62. The highest BCUT2D eigenvalue weighted by Crippen LogP contribution is 2.33. The average Bonchev–Trinajstić information content (AvgIpc) is 3.53. The molecule has 7 heteroatoms. The summed E-state index contributed by atoms with van der Waals surface area (Å²) in [5.41, 5.74) is 3.70. The van der Waals surface area contributed by atoms with Crippen molar-refractivity contribution in [3.63, 3.8) is 0 Å². The summed E-state index contributed by atoms with van der Waals surface area (Å²) in [7, 11) is 0. The summed E-state index contributed by atoms with van der Waals surface area (Å²) >= 11 is 0. The molecule has 1 aliphatic carbocycles. The normalized spacial score (nSPS) is 19.2. The van der Waals surface area contributed by atoms with Gasteiger partial charge in [0.05, 0.1) is 5.69 Å². The summed E-state index contributed by atoms with van der Waals surface area (Å²) in [5, 5.41) is 0. The van der Waals surface area contributed by atoms with E-state index in [-0.39, 0.29) is 41.3 Å². The van der Waals surface area contributed by atoms with Gasteiger partial charge in [0, 0.05) is 48.8 Å². The maximum absolute atomic E-state index is 13.4. The number of hydrogen-bond donors (Lipinski definition) is 0. The number of piperazine rings is 1. The molecule has 35 heavy (non-hydrogen) atoms. The van der Waals surface area contributed by atoms with Gasteiger partial charge in [-0.05, 0) is 56.0 Å². The van der Waals surface area contributed by atoms with E-state index in [9.17, 15) is 14.0 Å². The zero-order chi connectivity index (χ0) is 24.7. The Morgan fingerprint density at radius 3 is 2.46 bits per heavy atom. The summed E-state index contributed by atoms with van der Waals surface area (Å²) in [4.78, 5) is 34.7. The molecule has 184 valence electrons. The Morgan fingerprint density at radius 1 is 1.09 bits per heavy atom. The van der Waals surface area contributed by atoms with Crippen LogP contribution in [-0.4, -0.2) is 52.3 Å². The number of hydrogen-bond acceptors (Lipinski definition) is 4. The molecule has 2 amide bonds. The number of halogens is 1. The molecule has 0 radical (unpaired) electrons. The molecule has 2 aromatic heterocycles. The molecule has 1 aliphatic heterocycles. The first-order valence-electron chi connectivity index (χ1n) is 12.6. The van der Waals surface area contributed by atoms with Crippen LogP contribution in [-0.2, 0) is 4.79 Å². The number of carbonyl (C=O) groups is 2. The van der Waals surface area contributed by atoms with Crippen LogP contribution in [0.4, 0.5) is 4.39 Å². The third kappa shape index (κ3) is 4.56. The highest BCUT2D eigenvalue weighted by molar-refractivity contribution is 5.96. The van der Waals surface area contributed by atoms with Gasteiger partial charge in [-0.25, -0.2) is 9.37 Å². The van der Waals surface area contributed by atoms with Crippen LogP contribution >= 0.6 is 0 Å². The molecule has 0 bridgehead atoms.